The molecule has 0 aliphatic rings. The van der Waals surface area contributed by atoms with Crippen LogP contribution in [0.4, 0.5) is 0 Å². The summed E-state index contributed by atoms with van der Waals surface area (Å²) >= 11 is 3.29. The van der Waals surface area contributed by atoms with Crippen molar-refractivity contribution < 1.29 is 4.74 Å². The van der Waals surface area contributed by atoms with Gasteiger partial charge in [-0.25, -0.2) is 4.98 Å². The Bertz CT molecular complexity index is 265. The van der Waals surface area contributed by atoms with Crippen molar-refractivity contribution >= 4 is 15.9 Å². The van der Waals surface area contributed by atoms with Gasteiger partial charge in [-0.05, 0) is 22.9 Å². The van der Waals surface area contributed by atoms with Gasteiger partial charge in [0.1, 0.15) is 10.4 Å². The molecule has 0 fully saturated rings. The van der Waals surface area contributed by atoms with E-state index in [1.54, 1.807) is 6.07 Å². The van der Waals surface area contributed by atoms with Crippen LogP contribution in [0, 0.1) is 0 Å². The Morgan fingerprint density at radius 3 is 2.75 bits per heavy atom. The second-order valence-corrected chi connectivity index (χ2v) is 3.04. The van der Waals surface area contributed by atoms with E-state index in [0.29, 0.717) is 12.5 Å². The van der Waals surface area contributed by atoms with Crippen molar-refractivity contribution in [2.75, 3.05) is 6.61 Å². The zero-order chi connectivity index (χ0) is 8.97. The number of hydrogen-bond acceptors (Lipinski definition) is 3. The number of aromatic nitrogens is 2. The van der Waals surface area contributed by atoms with Crippen LogP contribution in [0.25, 0.3) is 0 Å². The summed E-state index contributed by atoms with van der Waals surface area (Å²) in [5.41, 5.74) is 0. The molecule has 1 aromatic heterocycles. The standard InChI is InChI=1S/C8H11BrN2O/c1-3-7-10-6(9)5-8(11-7)12-4-2/h5H,3-4H2,1-2H3. The van der Waals surface area contributed by atoms with Crippen LogP contribution in [-0.4, -0.2) is 16.6 Å². The fourth-order valence-corrected chi connectivity index (χ4v) is 1.22. The van der Waals surface area contributed by atoms with Gasteiger partial charge in [0.15, 0.2) is 0 Å². The molecular formula is C8H11BrN2O. The average Bonchev–Trinajstić information content (AvgIpc) is 2.04. The third kappa shape index (κ3) is 2.44. The number of halogens is 1. The van der Waals surface area contributed by atoms with Crippen molar-refractivity contribution in [2.24, 2.45) is 0 Å². The van der Waals surface area contributed by atoms with Gasteiger partial charge in [0, 0.05) is 12.5 Å². The molecule has 4 heteroatoms. The lowest BCUT2D eigenvalue weighted by Crippen LogP contribution is -1.99. The highest BCUT2D eigenvalue weighted by Gasteiger charge is 2.00. The van der Waals surface area contributed by atoms with E-state index in [1.807, 2.05) is 13.8 Å². The van der Waals surface area contributed by atoms with Crippen LogP contribution in [0.2, 0.25) is 0 Å². The lowest BCUT2D eigenvalue weighted by atomic mass is 10.4. The summed E-state index contributed by atoms with van der Waals surface area (Å²) in [6.45, 7) is 4.58. The number of hydrogen-bond donors (Lipinski definition) is 0. The molecular weight excluding hydrogens is 220 g/mol. The number of rotatable bonds is 3. The average molecular weight is 231 g/mol. The summed E-state index contributed by atoms with van der Waals surface area (Å²) < 4.78 is 6.02. The highest BCUT2D eigenvalue weighted by atomic mass is 79.9. The van der Waals surface area contributed by atoms with Gasteiger partial charge in [-0.1, -0.05) is 6.92 Å². The first-order valence-corrected chi connectivity index (χ1v) is 4.71. The van der Waals surface area contributed by atoms with E-state index in [1.165, 1.54) is 0 Å². The summed E-state index contributed by atoms with van der Waals surface area (Å²) in [6.07, 6.45) is 0.819. The van der Waals surface area contributed by atoms with Crippen molar-refractivity contribution in [3.8, 4) is 5.88 Å². The lowest BCUT2D eigenvalue weighted by Gasteiger charge is -2.03. The van der Waals surface area contributed by atoms with E-state index in [4.69, 9.17) is 4.74 Å². The van der Waals surface area contributed by atoms with E-state index in [-0.39, 0.29) is 0 Å². The molecule has 0 bridgehead atoms. The second-order valence-electron chi connectivity index (χ2n) is 2.23. The molecule has 1 heterocycles. The zero-order valence-corrected chi connectivity index (χ0v) is 8.76. The maximum atomic E-state index is 5.25. The molecule has 0 saturated carbocycles. The smallest absolute Gasteiger partial charge is 0.217 e. The Hall–Kier alpha value is -0.640. The Morgan fingerprint density at radius 2 is 2.17 bits per heavy atom. The SMILES string of the molecule is CCOc1cc(Br)nc(CC)n1. The van der Waals surface area contributed by atoms with Crippen LogP contribution >= 0.6 is 15.9 Å². The van der Waals surface area contributed by atoms with E-state index in [9.17, 15) is 0 Å². The predicted octanol–water partition coefficient (Wildman–Crippen LogP) is 2.20. The first kappa shape index (κ1) is 9.45. The van der Waals surface area contributed by atoms with E-state index in [0.717, 1.165) is 16.8 Å². The van der Waals surface area contributed by atoms with Crippen molar-refractivity contribution in [1.82, 2.24) is 9.97 Å². The van der Waals surface area contributed by atoms with Crippen molar-refractivity contribution in [3.05, 3.63) is 16.5 Å². The Kier molecular flexibility index (Phi) is 3.47. The largest absolute Gasteiger partial charge is 0.478 e. The monoisotopic (exact) mass is 230 g/mol. The number of nitrogens with zero attached hydrogens (tertiary/aromatic N) is 2. The molecule has 0 aromatic carbocycles. The van der Waals surface area contributed by atoms with Gasteiger partial charge in [0.05, 0.1) is 6.61 Å². The molecule has 0 saturated heterocycles. The van der Waals surface area contributed by atoms with E-state index in [2.05, 4.69) is 25.9 Å². The van der Waals surface area contributed by atoms with Gasteiger partial charge in [-0.15, -0.1) is 0 Å². The molecule has 0 spiro atoms. The summed E-state index contributed by atoms with van der Waals surface area (Å²) in [5, 5.41) is 0. The topological polar surface area (TPSA) is 35.0 Å². The summed E-state index contributed by atoms with van der Waals surface area (Å²) in [6, 6.07) is 1.77. The van der Waals surface area contributed by atoms with Gasteiger partial charge in [0.25, 0.3) is 0 Å². The zero-order valence-electron chi connectivity index (χ0n) is 7.17. The molecule has 0 aliphatic heterocycles. The molecule has 0 atom stereocenters. The van der Waals surface area contributed by atoms with Gasteiger partial charge >= 0.3 is 0 Å². The molecule has 1 aromatic rings. The minimum absolute atomic E-state index is 0.632. The summed E-state index contributed by atoms with van der Waals surface area (Å²) in [4.78, 5) is 8.34. The molecule has 1 rings (SSSR count). The first-order valence-electron chi connectivity index (χ1n) is 3.92. The van der Waals surface area contributed by atoms with Gasteiger partial charge in [0.2, 0.25) is 5.88 Å². The third-order valence-electron chi connectivity index (χ3n) is 1.33. The molecule has 66 valence electrons. The molecule has 0 aliphatic carbocycles. The Labute approximate surface area is 80.3 Å². The quantitative estimate of drug-likeness (QED) is 0.748. The van der Waals surface area contributed by atoms with Gasteiger partial charge < -0.3 is 4.74 Å². The third-order valence-corrected chi connectivity index (χ3v) is 1.73. The van der Waals surface area contributed by atoms with Crippen molar-refractivity contribution in [2.45, 2.75) is 20.3 Å². The fraction of sp³-hybridized carbons (Fsp3) is 0.500. The van der Waals surface area contributed by atoms with Gasteiger partial charge in [-0.2, -0.15) is 4.98 Å². The summed E-state index contributed by atoms with van der Waals surface area (Å²) in [5.74, 6) is 1.43. The summed E-state index contributed by atoms with van der Waals surface area (Å²) in [7, 11) is 0. The van der Waals surface area contributed by atoms with Gasteiger partial charge in [-0.3, -0.25) is 0 Å². The fourth-order valence-electron chi connectivity index (χ4n) is 0.822. The maximum absolute atomic E-state index is 5.25. The molecule has 3 nitrogen and oxygen atoms in total. The highest BCUT2D eigenvalue weighted by molar-refractivity contribution is 9.10. The normalized spacial score (nSPS) is 9.92. The minimum atomic E-state index is 0.632. The molecule has 0 N–H and O–H groups in total. The van der Waals surface area contributed by atoms with E-state index >= 15 is 0 Å². The molecule has 0 unspecified atom stereocenters. The lowest BCUT2D eigenvalue weighted by molar-refractivity contribution is 0.324. The minimum Gasteiger partial charge on any atom is -0.478 e. The maximum Gasteiger partial charge on any atom is 0.217 e. The second kappa shape index (κ2) is 4.40. The van der Waals surface area contributed by atoms with Crippen LogP contribution in [0.1, 0.15) is 19.7 Å². The van der Waals surface area contributed by atoms with Crippen LogP contribution in [0.3, 0.4) is 0 Å². The predicted molar refractivity (Wildman–Crippen MR) is 50.3 cm³/mol. The van der Waals surface area contributed by atoms with E-state index < -0.39 is 0 Å². The molecule has 12 heavy (non-hydrogen) atoms. The first-order chi connectivity index (χ1) is 5.76. The Balaban J connectivity index is 2.90. The van der Waals surface area contributed by atoms with Crippen LogP contribution in [-0.2, 0) is 6.42 Å². The highest BCUT2D eigenvalue weighted by Crippen LogP contribution is 2.14. The number of ether oxygens (including phenoxy) is 1. The van der Waals surface area contributed by atoms with Crippen LogP contribution in [0.5, 0.6) is 5.88 Å². The van der Waals surface area contributed by atoms with Crippen LogP contribution < -0.4 is 4.74 Å². The molecule has 0 radical (unpaired) electrons. The Morgan fingerprint density at radius 1 is 1.42 bits per heavy atom. The van der Waals surface area contributed by atoms with Crippen LogP contribution in [0.15, 0.2) is 10.7 Å². The van der Waals surface area contributed by atoms with Crippen molar-refractivity contribution in [1.29, 1.82) is 0 Å². The molecule has 0 amide bonds. The number of aryl methyl sites for hydroxylation is 1. The van der Waals surface area contributed by atoms with Crippen molar-refractivity contribution in [3.63, 3.8) is 0 Å².